The number of hydrogen-bond acceptors (Lipinski definition) is 7. The van der Waals surface area contributed by atoms with E-state index in [1.54, 1.807) is 42.5 Å². The molecule has 0 aliphatic carbocycles. The third-order valence-electron chi connectivity index (χ3n) is 6.47. The van der Waals surface area contributed by atoms with Gasteiger partial charge in [-0.15, -0.1) is 0 Å². The minimum absolute atomic E-state index is 0.0198. The van der Waals surface area contributed by atoms with Crippen LogP contribution in [0.25, 0.3) is 0 Å². The van der Waals surface area contributed by atoms with E-state index in [1.165, 1.54) is 0 Å². The van der Waals surface area contributed by atoms with E-state index in [9.17, 15) is 10.1 Å². The SMILES string of the molecule is CCCCCOc1cccc(C2C(C#N)=C(N)Oc3cc(OC(=O)c4ccc(OCCCC)cc4)ccc32)c1. The number of fused-ring (bicyclic) bond motifs is 1. The number of benzene rings is 3. The van der Waals surface area contributed by atoms with E-state index >= 15 is 0 Å². The lowest BCUT2D eigenvalue weighted by Gasteiger charge is -2.27. The Hall–Kier alpha value is -4.44. The van der Waals surface area contributed by atoms with Crippen LogP contribution in [0.2, 0.25) is 0 Å². The summed E-state index contributed by atoms with van der Waals surface area (Å²) in [5.41, 5.74) is 8.49. The van der Waals surface area contributed by atoms with Gasteiger partial charge in [0, 0.05) is 11.6 Å². The van der Waals surface area contributed by atoms with E-state index in [-0.39, 0.29) is 5.88 Å². The van der Waals surface area contributed by atoms with Crippen LogP contribution in [-0.2, 0) is 0 Å². The highest BCUT2D eigenvalue weighted by Crippen LogP contribution is 2.44. The molecular weight excluding hydrogens is 492 g/mol. The highest BCUT2D eigenvalue weighted by molar-refractivity contribution is 5.91. The van der Waals surface area contributed by atoms with Crippen molar-refractivity contribution in [3.05, 3.63) is 94.9 Å². The zero-order valence-electron chi connectivity index (χ0n) is 22.4. The van der Waals surface area contributed by atoms with Gasteiger partial charge in [0.05, 0.1) is 24.7 Å². The number of carbonyl (C=O) groups is 1. The summed E-state index contributed by atoms with van der Waals surface area (Å²) in [6.45, 7) is 5.52. The van der Waals surface area contributed by atoms with Gasteiger partial charge in [-0.1, -0.05) is 51.3 Å². The first-order chi connectivity index (χ1) is 19.0. The summed E-state index contributed by atoms with van der Waals surface area (Å²) in [5.74, 6) is 1.25. The molecule has 7 heteroatoms. The predicted octanol–water partition coefficient (Wildman–Crippen LogP) is 6.87. The van der Waals surface area contributed by atoms with Gasteiger partial charge < -0.3 is 24.7 Å². The fourth-order valence-electron chi connectivity index (χ4n) is 4.36. The Bertz CT molecular complexity index is 1360. The summed E-state index contributed by atoms with van der Waals surface area (Å²) in [7, 11) is 0. The number of nitriles is 1. The molecule has 202 valence electrons. The van der Waals surface area contributed by atoms with Gasteiger partial charge in [0.1, 0.15) is 34.6 Å². The van der Waals surface area contributed by atoms with Crippen molar-refractivity contribution in [2.24, 2.45) is 5.73 Å². The topological polar surface area (TPSA) is 104 Å². The van der Waals surface area contributed by atoms with E-state index in [1.807, 2.05) is 24.3 Å². The molecule has 0 spiro atoms. The van der Waals surface area contributed by atoms with Crippen LogP contribution in [0, 0.1) is 11.3 Å². The minimum Gasteiger partial charge on any atom is -0.494 e. The maximum absolute atomic E-state index is 12.8. The van der Waals surface area contributed by atoms with E-state index in [0.29, 0.717) is 41.6 Å². The Balaban J connectivity index is 1.53. The smallest absolute Gasteiger partial charge is 0.343 e. The zero-order valence-corrected chi connectivity index (χ0v) is 22.4. The van der Waals surface area contributed by atoms with E-state index in [4.69, 9.17) is 24.7 Å². The molecule has 3 aromatic rings. The van der Waals surface area contributed by atoms with Crippen LogP contribution in [0.4, 0.5) is 0 Å². The van der Waals surface area contributed by atoms with Gasteiger partial charge in [0.15, 0.2) is 0 Å². The summed E-state index contributed by atoms with van der Waals surface area (Å²) < 4.78 is 23.0. The molecule has 3 aromatic carbocycles. The van der Waals surface area contributed by atoms with Gasteiger partial charge in [-0.3, -0.25) is 0 Å². The monoisotopic (exact) mass is 526 g/mol. The summed E-state index contributed by atoms with van der Waals surface area (Å²) in [6.07, 6.45) is 5.23. The van der Waals surface area contributed by atoms with Crippen molar-refractivity contribution in [2.75, 3.05) is 13.2 Å². The molecule has 1 aliphatic heterocycles. The van der Waals surface area contributed by atoms with Crippen LogP contribution in [-0.4, -0.2) is 19.2 Å². The van der Waals surface area contributed by atoms with Crippen molar-refractivity contribution in [3.63, 3.8) is 0 Å². The molecule has 1 atom stereocenters. The van der Waals surface area contributed by atoms with Crippen molar-refractivity contribution in [1.82, 2.24) is 0 Å². The lowest BCUT2D eigenvalue weighted by Crippen LogP contribution is -2.21. The van der Waals surface area contributed by atoms with Crippen molar-refractivity contribution < 1.29 is 23.7 Å². The number of allylic oxidation sites excluding steroid dienone is 1. The Morgan fingerprint density at radius 2 is 1.62 bits per heavy atom. The number of unbranched alkanes of at least 4 members (excludes halogenated alkanes) is 3. The van der Waals surface area contributed by atoms with E-state index in [2.05, 4.69) is 19.9 Å². The first-order valence-corrected chi connectivity index (χ1v) is 13.4. The number of carbonyl (C=O) groups excluding carboxylic acids is 1. The molecule has 4 rings (SSSR count). The lowest BCUT2D eigenvalue weighted by atomic mass is 9.83. The van der Waals surface area contributed by atoms with Crippen molar-refractivity contribution in [2.45, 2.75) is 51.9 Å². The van der Waals surface area contributed by atoms with Crippen LogP contribution in [0.1, 0.15) is 73.4 Å². The number of nitrogens with two attached hydrogens (primary N) is 1. The second kappa shape index (κ2) is 13.4. The number of ether oxygens (including phenoxy) is 4. The van der Waals surface area contributed by atoms with Crippen LogP contribution >= 0.6 is 0 Å². The standard InChI is InChI=1S/C32H34N2O5/c1-3-5-7-18-37-25-10-8-9-23(19-25)30-27-16-15-26(20-29(27)39-31(34)28(30)21-33)38-32(35)22-11-13-24(14-12-22)36-17-6-4-2/h8-16,19-20,30H,3-7,17-18,34H2,1-2H3. The summed E-state index contributed by atoms with van der Waals surface area (Å²) in [6, 6.07) is 21.8. The average molecular weight is 527 g/mol. The van der Waals surface area contributed by atoms with Gasteiger partial charge in [0.25, 0.3) is 0 Å². The Labute approximate surface area is 229 Å². The molecule has 2 N–H and O–H groups in total. The molecule has 0 saturated carbocycles. The molecule has 0 amide bonds. The van der Waals surface area contributed by atoms with Crippen molar-refractivity contribution >= 4 is 5.97 Å². The molecule has 0 bridgehead atoms. The predicted molar refractivity (Wildman–Crippen MR) is 149 cm³/mol. The molecule has 1 unspecified atom stereocenters. The third kappa shape index (κ3) is 6.91. The highest BCUT2D eigenvalue weighted by atomic mass is 16.5. The molecule has 1 heterocycles. The van der Waals surface area contributed by atoms with Crippen LogP contribution in [0.3, 0.4) is 0 Å². The second-order valence-electron chi connectivity index (χ2n) is 9.37. The molecular formula is C32H34N2O5. The third-order valence-corrected chi connectivity index (χ3v) is 6.47. The average Bonchev–Trinajstić information content (AvgIpc) is 2.95. The van der Waals surface area contributed by atoms with Crippen molar-refractivity contribution in [3.8, 4) is 29.1 Å². The van der Waals surface area contributed by atoms with E-state index in [0.717, 1.165) is 49.0 Å². The molecule has 39 heavy (non-hydrogen) atoms. The van der Waals surface area contributed by atoms with Crippen LogP contribution < -0.4 is 24.7 Å². The largest absolute Gasteiger partial charge is 0.494 e. The Morgan fingerprint density at radius 1 is 0.897 bits per heavy atom. The lowest BCUT2D eigenvalue weighted by molar-refractivity contribution is 0.0734. The van der Waals surface area contributed by atoms with Gasteiger partial charge >= 0.3 is 5.97 Å². The molecule has 1 aliphatic rings. The fourth-order valence-corrected chi connectivity index (χ4v) is 4.36. The maximum atomic E-state index is 12.8. The van der Waals surface area contributed by atoms with Crippen LogP contribution in [0.15, 0.2) is 78.2 Å². The van der Waals surface area contributed by atoms with Gasteiger partial charge in [-0.05, 0) is 60.9 Å². The molecule has 0 fully saturated rings. The molecule has 0 radical (unpaired) electrons. The van der Waals surface area contributed by atoms with Crippen LogP contribution in [0.5, 0.6) is 23.0 Å². The summed E-state index contributed by atoms with van der Waals surface area (Å²) in [5, 5.41) is 9.89. The quantitative estimate of drug-likeness (QED) is 0.156. The zero-order chi connectivity index (χ0) is 27.6. The minimum atomic E-state index is -0.503. The van der Waals surface area contributed by atoms with Gasteiger partial charge in [0.2, 0.25) is 5.88 Å². The molecule has 7 nitrogen and oxygen atoms in total. The maximum Gasteiger partial charge on any atom is 0.343 e. The Morgan fingerprint density at radius 3 is 2.36 bits per heavy atom. The Kier molecular flexibility index (Phi) is 9.47. The normalized spacial score (nSPS) is 14.1. The first kappa shape index (κ1) is 27.6. The first-order valence-electron chi connectivity index (χ1n) is 13.4. The van der Waals surface area contributed by atoms with Gasteiger partial charge in [-0.2, -0.15) is 5.26 Å². The number of esters is 1. The molecule has 0 saturated heterocycles. The number of rotatable bonds is 12. The highest BCUT2D eigenvalue weighted by Gasteiger charge is 2.31. The van der Waals surface area contributed by atoms with Crippen molar-refractivity contribution in [1.29, 1.82) is 5.26 Å². The number of hydrogen-bond donors (Lipinski definition) is 1. The fraction of sp³-hybridized carbons (Fsp3) is 0.312. The summed E-state index contributed by atoms with van der Waals surface area (Å²) in [4.78, 5) is 12.8. The number of nitrogens with zero attached hydrogens (tertiary/aromatic N) is 1. The molecule has 0 aromatic heterocycles. The summed E-state index contributed by atoms with van der Waals surface area (Å²) >= 11 is 0. The second-order valence-corrected chi connectivity index (χ2v) is 9.37. The van der Waals surface area contributed by atoms with E-state index < -0.39 is 11.9 Å². The van der Waals surface area contributed by atoms with Gasteiger partial charge in [-0.25, -0.2) is 4.79 Å².